The van der Waals surface area contributed by atoms with Gasteiger partial charge in [0.1, 0.15) is 11.6 Å². The van der Waals surface area contributed by atoms with E-state index < -0.39 is 0 Å². The van der Waals surface area contributed by atoms with E-state index >= 15 is 0 Å². The number of phenols is 1. The van der Waals surface area contributed by atoms with Crippen LogP contribution in [0, 0.1) is 0 Å². The van der Waals surface area contributed by atoms with Crippen molar-refractivity contribution in [3.05, 3.63) is 53.6 Å². The molecule has 0 unspecified atom stereocenters. The lowest BCUT2D eigenvalue weighted by atomic mass is 10.0. The number of ether oxygens (including phenoxy) is 2. The minimum Gasteiger partial charge on any atom is -0.507 e. The zero-order valence-electron chi connectivity index (χ0n) is 14.1. The van der Waals surface area contributed by atoms with Gasteiger partial charge in [-0.25, -0.2) is 4.98 Å². The van der Waals surface area contributed by atoms with Gasteiger partial charge >= 0.3 is 0 Å². The van der Waals surface area contributed by atoms with E-state index in [2.05, 4.69) is 10.3 Å². The van der Waals surface area contributed by atoms with E-state index in [4.69, 9.17) is 21.1 Å². The number of nitrogens with zero attached hydrogens (tertiary/aromatic N) is 1. The number of hydrogen-bond acceptors (Lipinski definition) is 5. The van der Waals surface area contributed by atoms with Crippen molar-refractivity contribution in [1.82, 2.24) is 4.98 Å². The molecule has 0 radical (unpaired) electrons. The van der Waals surface area contributed by atoms with Gasteiger partial charge in [-0.3, -0.25) is 0 Å². The second-order valence-electron chi connectivity index (χ2n) is 5.89. The van der Waals surface area contributed by atoms with E-state index in [1.165, 1.54) is 0 Å². The largest absolute Gasteiger partial charge is 0.507 e. The van der Waals surface area contributed by atoms with Gasteiger partial charge in [0.15, 0.2) is 11.5 Å². The fourth-order valence-electron chi connectivity index (χ4n) is 2.90. The molecule has 132 valence electrons. The number of phenolic OH excluding ortho intramolecular Hbond substituents is 1. The molecule has 1 aromatic heterocycles. The van der Waals surface area contributed by atoms with E-state index in [-0.39, 0.29) is 12.5 Å². The van der Waals surface area contributed by atoms with Crippen LogP contribution in [0.2, 0.25) is 5.02 Å². The Morgan fingerprint density at radius 3 is 2.73 bits per heavy atom. The quantitative estimate of drug-likeness (QED) is 0.683. The normalized spacial score (nSPS) is 12.2. The number of fused-ring (bicyclic) bond motifs is 1. The second kappa shape index (κ2) is 6.77. The number of aromatic nitrogens is 1. The van der Waals surface area contributed by atoms with Crippen LogP contribution >= 0.6 is 11.6 Å². The zero-order valence-corrected chi connectivity index (χ0v) is 14.9. The molecule has 0 fully saturated rings. The summed E-state index contributed by atoms with van der Waals surface area (Å²) in [6.45, 7) is 2.98. The average Bonchev–Trinajstić information content (AvgIpc) is 3.11. The molecule has 2 heterocycles. The van der Waals surface area contributed by atoms with Crippen LogP contribution in [0.5, 0.6) is 17.2 Å². The predicted octanol–water partition coefficient (Wildman–Crippen LogP) is 4.94. The summed E-state index contributed by atoms with van der Waals surface area (Å²) >= 11 is 6.10. The Hall–Kier alpha value is -2.92. The lowest BCUT2D eigenvalue weighted by Crippen LogP contribution is -2.00. The van der Waals surface area contributed by atoms with Gasteiger partial charge in [-0.1, -0.05) is 17.7 Å². The Labute approximate surface area is 156 Å². The predicted molar refractivity (Wildman–Crippen MR) is 102 cm³/mol. The van der Waals surface area contributed by atoms with Crippen molar-refractivity contribution in [1.29, 1.82) is 0 Å². The number of nitrogens with one attached hydrogen (secondary N) is 1. The Bertz CT molecular complexity index is 975. The van der Waals surface area contributed by atoms with Gasteiger partial charge < -0.3 is 19.9 Å². The maximum absolute atomic E-state index is 10.2. The van der Waals surface area contributed by atoms with Crippen molar-refractivity contribution in [3.63, 3.8) is 0 Å². The summed E-state index contributed by atoms with van der Waals surface area (Å²) in [4.78, 5) is 4.61. The number of pyridine rings is 1. The average molecular weight is 369 g/mol. The first-order chi connectivity index (χ1) is 12.6. The highest BCUT2D eigenvalue weighted by atomic mass is 35.5. The van der Waals surface area contributed by atoms with Gasteiger partial charge in [0.25, 0.3) is 0 Å². The topological polar surface area (TPSA) is 63.6 Å². The molecule has 0 saturated heterocycles. The fourth-order valence-corrected chi connectivity index (χ4v) is 3.07. The summed E-state index contributed by atoms with van der Waals surface area (Å²) in [6.07, 6.45) is 0. The highest BCUT2D eigenvalue weighted by Crippen LogP contribution is 2.38. The summed E-state index contributed by atoms with van der Waals surface area (Å²) in [5, 5.41) is 14.0. The fraction of sp³-hybridized carbons (Fsp3) is 0.150. The van der Waals surface area contributed by atoms with Crippen LogP contribution in [0.3, 0.4) is 0 Å². The number of anilines is 1. The van der Waals surface area contributed by atoms with Crippen molar-refractivity contribution >= 4 is 17.4 Å². The molecule has 3 aromatic rings. The van der Waals surface area contributed by atoms with Gasteiger partial charge in [-0.2, -0.15) is 0 Å². The molecule has 0 saturated carbocycles. The zero-order chi connectivity index (χ0) is 18.1. The molecule has 2 aromatic carbocycles. The Morgan fingerprint density at radius 1 is 1.04 bits per heavy atom. The maximum atomic E-state index is 10.2. The molecular weight excluding hydrogens is 352 g/mol. The molecule has 0 bridgehead atoms. The molecule has 0 amide bonds. The Balaban J connectivity index is 1.85. The third-order valence-corrected chi connectivity index (χ3v) is 4.36. The standard InChI is InChI=1S/C20H17ClN2O3/c1-2-22-20-9-13(12-3-6-18-19(8-12)26-11-25-18)7-16(23-20)15-10-14(21)4-5-17(15)24/h3-10,24H,2,11H2,1H3,(H,22,23). The van der Waals surface area contributed by atoms with Crippen molar-refractivity contribution in [2.24, 2.45) is 0 Å². The maximum Gasteiger partial charge on any atom is 0.231 e. The number of aromatic hydroxyl groups is 1. The van der Waals surface area contributed by atoms with Gasteiger partial charge in [-0.05, 0) is 60.5 Å². The summed E-state index contributed by atoms with van der Waals surface area (Å²) < 4.78 is 10.9. The Kier molecular flexibility index (Phi) is 4.31. The van der Waals surface area contributed by atoms with Crippen LogP contribution < -0.4 is 14.8 Å². The molecule has 5 nitrogen and oxygen atoms in total. The molecule has 6 heteroatoms. The summed E-state index contributed by atoms with van der Waals surface area (Å²) in [7, 11) is 0. The van der Waals surface area contributed by atoms with Crippen LogP contribution in [0.1, 0.15) is 6.92 Å². The van der Waals surface area contributed by atoms with Crippen LogP contribution in [-0.2, 0) is 0 Å². The number of hydrogen-bond donors (Lipinski definition) is 2. The first-order valence-electron chi connectivity index (χ1n) is 8.29. The molecule has 0 spiro atoms. The molecule has 1 aliphatic heterocycles. The summed E-state index contributed by atoms with van der Waals surface area (Å²) in [5.74, 6) is 2.31. The van der Waals surface area contributed by atoms with Gasteiger partial charge in [0.05, 0.1) is 5.69 Å². The summed E-state index contributed by atoms with van der Waals surface area (Å²) in [5.41, 5.74) is 3.14. The van der Waals surface area contributed by atoms with Gasteiger partial charge in [-0.15, -0.1) is 0 Å². The van der Waals surface area contributed by atoms with Crippen LogP contribution in [0.4, 0.5) is 5.82 Å². The molecule has 0 atom stereocenters. The number of rotatable bonds is 4. The van der Waals surface area contributed by atoms with E-state index in [9.17, 15) is 5.11 Å². The lowest BCUT2D eigenvalue weighted by molar-refractivity contribution is 0.174. The highest BCUT2D eigenvalue weighted by molar-refractivity contribution is 6.31. The van der Waals surface area contributed by atoms with Crippen molar-refractivity contribution < 1.29 is 14.6 Å². The van der Waals surface area contributed by atoms with E-state index in [1.807, 2.05) is 37.3 Å². The Morgan fingerprint density at radius 2 is 1.88 bits per heavy atom. The van der Waals surface area contributed by atoms with Crippen LogP contribution in [0.25, 0.3) is 22.4 Å². The first-order valence-corrected chi connectivity index (χ1v) is 8.66. The van der Waals surface area contributed by atoms with Crippen molar-refractivity contribution in [3.8, 4) is 39.6 Å². The molecule has 4 rings (SSSR count). The van der Waals surface area contributed by atoms with E-state index in [0.717, 1.165) is 35.0 Å². The molecule has 26 heavy (non-hydrogen) atoms. The summed E-state index contributed by atoms with van der Waals surface area (Å²) in [6, 6.07) is 14.6. The third kappa shape index (κ3) is 3.13. The minimum atomic E-state index is 0.132. The first kappa shape index (κ1) is 16.5. The third-order valence-electron chi connectivity index (χ3n) is 4.12. The van der Waals surface area contributed by atoms with Gasteiger partial charge in [0.2, 0.25) is 6.79 Å². The van der Waals surface area contributed by atoms with Crippen molar-refractivity contribution in [2.75, 3.05) is 18.7 Å². The number of benzene rings is 2. The monoisotopic (exact) mass is 368 g/mol. The highest BCUT2D eigenvalue weighted by Gasteiger charge is 2.16. The number of halogens is 1. The van der Waals surface area contributed by atoms with E-state index in [0.29, 0.717) is 16.3 Å². The lowest BCUT2D eigenvalue weighted by Gasteiger charge is -2.12. The molecular formula is C20H17ClN2O3. The molecule has 1 aliphatic rings. The van der Waals surface area contributed by atoms with Crippen molar-refractivity contribution in [2.45, 2.75) is 6.92 Å². The smallest absolute Gasteiger partial charge is 0.231 e. The van der Waals surface area contributed by atoms with E-state index in [1.54, 1.807) is 18.2 Å². The van der Waals surface area contributed by atoms with Crippen LogP contribution in [-0.4, -0.2) is 23.4 Å². The molecule has 0 aliphatic carbocycles. The minimum absolute atomic E-state index is 0.132. The van der Waals surface area contributed by atoms with Gasteiger partial charge in [0, 0.05) is 17.1 Å². The van der Waals surface area contributed by atoms with Crippen LogP contribution in [0.15, 0.2) is 48.5 Å². The second-order valence-corrected chi connectivity index (χ2v) is 6.32. The SMILES string of the molecule is CCNc1cc(-c2ccc3c(c2)OCO3)cc(-c2cc(Cl)ccc2O)n1. The molecule has 2 N–H and O–H groups in total.